The van der Waals surface area contributed by atoms with Gasteiger partial charge in [-0.25, -0.2) is 0 Å². The van der Waals surface area contributed by atoms with Gasteiger partial charge in [0.1, 0.15) is 0 Å². The minimum absolute atomic E-state index is 0.0494. The SMILES string of the molecule is NC(=O)C1CCC2CNC3C=C4C=C4C3N2C1. The van der Waals surface area contributed by atoms with Gasteiger partial charge in [-0.2, -0.15) is 0 Å². The molecule has 4 unspecified atom stereocenters. The molecule has 1 amide bonds. The zero-order chi connectivity index (χ0) is 11.6. The Morgan fingerprint density at radius 2 is 2.35 bits per heavy atom. The standard InChI is InChI=1S/C13H17N3O/c14-13(17)7-1-2-9-5-15-11-4-8-3-10(8)12(11)16(9)6-7/h3-4,7,9,11-12,15H,1-2,5-6H2,(H2,14,17). The highest BCUT2D eigenvalue weighted by Gasteiger charge is 2.48. The fourth-order valence-electron chi connectivity index (χ4n) is 3.68. The number of carbonyl (C=O) groups excluding carboxylic acids is 1. The lowest BCUT2D eigenvalue weighted by Gasteiger charge is -2.48. The molecule has 17 heavy (non-hydrogen) atoms. The lowest BCUT2D eigenvalue weighted by Crippen LogP contribution is -2.64. The van der Waals surface area contributed by atoms with E-state index in [0.29, 0.717) is 18.1 Å². The minimum Gasteiger partial charge on any atom is -0.369 e. The molecule has 4 atom stereocenters. The fraction of sp³-hybridized carbons (Fsp3) is 0.615. The predicted molar refractivity (Wildman–Crippen MR) is 64.2 cm³/mol. The summed E-state index contributed by atoms with van der Waals surface area (Å²) in [6.07, 6.45) is 6.63. The molecule has 2 saturated heterocycles. The average Bonchev–Trinajstić information content (AvgIpc) is 2.99. The number of hydrogen-bond donors (Lipinski definition) is 2. The minimum atomic E-state index is -0.130. The van der Waals surface area contributed by atoms with Crippen LogP contribution in [-0.4, -0.2) is 42.0 Å². The zero-order valence-corrected chi connectivity index (χ0v) is 9.73. The maximum absolute atomic E-state index is 11.4. The number of nitrogens with one attached hydrogen (secondary N) is 1. The van der Waals surface area contributed by atoms with Gasteiger partial charge in [-0.1, -0.05) is 6.08 Å². The van der Waals surface area contributed by atoms with E-state index in [1.807, 2.05) is 0 Å². The second-order valence-corrected chi connectivity index (χ2v) is 5.63. The summed E-state index contributed by atoms with van der Waals surface area (Å²) in [5.74, 6) is -0.0807. The molecule has 4 nitrogen and oxygen atoms in total. The Balaban J connectivity index is 1.60. The van der Waals surface area contributed by atoms with Gasteiger partial charge >= 0.3 is 0 Å². The number of amides is 1. The van der Waals surface area contributed by atoms with Gasteiger partial charge < -0.3 is 11.1 Å². The van der Waals surface area contributed by atoms with E-state index >= 15 is 0 Å². The van der Waals surface area contributed by atoms with Crippen LogP contribution in [0.3, 0.4) is 0 Å². The van der Waals surface area contributed by atoms with Crippen molar-refractivity contribution >= 4 is 5.91 Å². The largest absolute Gasteiger partial charge is 0.369 e. The second-order valence-electron chi connectivity index (χ2n) is 5.63. The van der Waals surface area contributed by atoms with Gasteiger partial charge in [0.25, 0.3) is 0 Å². The second kappa shape index (κ2) is 3.21. The summed E-state index contributed by atoms with van der Waals surface area (Å²) in [6.45, 7) is 1.89. The van der Waals surface area contributed by atoms with E-state index in [-0.39, 0.29) is 11.8 Å². The van der Waals surface area contributed by atoms with Gasteiger partial charge in [-0.15, -0.1) is 0 Å². The fourth-order valence-corrected chi connectivity index (χ4v) is 3.68. The van der Waals surface area contributed by atoms with Gasteiger partial charge in [-0.05, 0) is 30.1 Å². The monoisotopic (exact) mass is 231 g/mol. The third-order valence-corrected chi connectivity index (χ3v) is 4.68. The summed E-state index contributed by atoms with van der Waals surface area (Å²) in [5, 5.41) is 3.61. The molecular weight excluding hydrogens is 214 g/mol. The number of piperazine rings is 1. The molecule has 2 heterocycles. The number of carbonyl (C=O) groups is 1. The first kappa shape index (κ1) is 9.85. The first-order valence-electron chi connectivity index (χ1n) is 6.46. The molecule has 0 aromatic rings. The number of fused-ring (bicyclic) bond motifs is 5. The summed E-state index contributed by atoms with van der Waals surface area (Å²) < 4.78 is 0. The molecule has 0 bridgehead atoms. The van der Waals surface area contributed by atoms with E-state index in [1.54, 1.807) is 0 Å². The van der Waals surface area contributed by atoms with Crippen molar-refractivity contribution in [2.24, 2.45) is 11.7 Å². The maximum atomic E-state index is 11.4. The molecule has 0 spiro atoms. The van der Waals surface area contributed by atoms with Crippen LogP contribution in [0.4, 0.5) is 0 Å². The van der Waals surface area contributed by atoms with Gasteiger partial charge in [0.15, 0.2) is 0 Å². The molecule has 4 aliphatic rings. The number of hydrogen-bond acceptors (Lipinski definition) is 3. The lowest BCUT2D eigenvalue weighted by atomic mass is 9.87. The van der Waals surface area contributed by atoms with Crippen LogP contribution in [0.2, 0.25) is 0 Å². The van der Waals surface area contributed by atoms with E-state index in [9.17, 15) is 4.79 Å². The molecule has 0 saturated carbocycles. The van der Waals surface area contributed by atoms with Crippen LogP contribution in [0, 0.1) is 5.92 Å². The van der Waals surface area contributed by atoms with Gasteiger partial charge in [0.05, 0.1) is 12.0 Å². The maximum Gasteiger partial charge on any atom is 0.221 e. The Bertz CT molecular complexity index is 454. The first-order valence-corrected chi connectivity index (χ1v) is 6.46. The molecule has 4 heteroatoms. The van der Waals surface area contributed by atoms with Crippen LogP contribution in [0.5, 0.6) is 0 Å². The van der Waals surface area contributed by atoms with E-state index in [4.69, 9.17) is 5.73 Å². The molecule has 90 valence electrons. The van der Waals surface area contributed by atoms with Crippen LogP contribution in [0.1, 0.15) is 12.8 Å². The number of nitrogens with two attached hydrogens (primary N) is 1. The smallest absolute Gasteiger partial charge is 0.221 e. The van der Waals surface area contributed by atoms with E-state index in [1.165, 1.54) is 11.1 Å². The number of allylic oxidation sites excluding steroid dienone is 1. The predicted octanol–water partition coefficient (Wildman–Crippen LogP) is -0.227. The molecule has 2 aliphatic carbocycles. The highest BCUT2D eigenvalue weighted by atomic mass is 16.1. The zero-order valence-electron chi connectivity index (χ0n) is 9.73. The number of rotatable bonds is 1. The third kappa shape index (κ3) is 1.34. The van der Waals surface area contributed by atoms with Crippen molar-refractivity contribution in [3.05, 3.63) is 23.3 Å². The molecule has 3 N–H and O–H groups in total. The molecule has 4 rings (SSSR count). The summed E-state index contributed by atoms with van der Waals surface area (Å²) in [7, 11) is 0. The van der Waals surface area contributed by atoms with E-state index in [0.717, 1.165) is 25.9 Å². The van der Waals surface area contributed by atoms with E-state index < -0.39 is 0 Å². The average molecular weight is 231 g/mol. The molecule has 0 aromatic carbocycles. The van der Waals surface area contributed by atoms with Crippen LogP contribution in [0.25, 0.3) is 0 Å². The number of piperidine rings is 1. The number of primary amides is 1. The third-order valence-electron chi connectivity index (χ3n) is 4.68. The van der Waals surface area contributed by atoms with Crippen LogP contribution in [-0.2, 0) is 4.79 Å². The number of nitrogens with zero attached hydrogens (tertiary/aromatic N) is 1. The van der Waals surface area contributed by atoms with Crippen LogP contribution in [0.15, 0.2) is 23.3 Å². The Morgan fingerprint density at radius 1 is 1.47 bits per heavy atom. The van der Waals surface area contributed by atoms with Crippen molar-refractivity contribution in [2.75, 3.05) is 13.1 Å². The molecule has 0 aromatic heterocycles. The lowest BCUT2D eigenvalue weighted by molar-refractivity contribution is -0.124. The van der Waals surface area contributed by atoms with Crippen molar-refractivity contribution in [3.63, 3.8) is 0 Å². The summed E-state index contributed by atoms with van der Waals surface area (Å²) in [6, 6.07) is 1.53. The molecular formula is C13H17N3O. The van der Waals surface area contributed by atoms with Crippen molar-refractivity contribution in [1.29, 1.82) is 0 Å². The Labute approximate surface area is 101 Å². The van der Waals surface area contributed by atoms with Gasteiger partial charge in [0, 0.05) is 25.2 Å². The van der Waals surface area contributed by atoms with Crippen molar-refractivity contribution < 1.29 is 4.79 Å². The highest BCUT2D eigenvalue weighted by Crippen LogP contribution is 2.45. The van der Waals surface area contributed by atoms with Gasteiger partial charge in [-0.3, -0.25) is 9.69 Å². The Hall–Kier alpha value is -1.13. The Morgan fingerprint density at radius 3 is 3.18 bits per heavy atom. The molecule has 2 fully saturated rings. The van der Waals surface area contributed by atoms with Crippen LogP contribution >= 0.6 is 0 Å². The summed E-state index contributed by atoms with van der Waals surface area (Å²) in [5.41, 5.74) is 8.37. The topological polar surface area (TPSA) is 58.4 Å². The quantitative estimate of drug-likeness (QED) is 0.655. The Kier molecular flexibility index (Phi) is 1.86. The van der Waals surface area contributed by atoms with E-state index in [2.05, 4.69) is 22.4 Å². The highest BCUT2D eigenvalue weighted by molar-refractivity contribution is 5.77. The van der Waals surface area contributed by atoms with Crippen molar-refractivity contribution in [3.8, 4) is 0 Å². The van der Waals surface area contributed by atoms with Crippen molar-refractivity contribution in [2.45, 2.75) is 31.0 Å². The van der Waals surface area contributed by atoms with Crippen LogP contribution < -0.4 is 11.1 Å². The molecule has 0 radical (unpaired) electrons. The van der Waals surface area contributed by atoms with Crippen molar-refractivity contribution in [1.82, 2.24) is 10.2 Å². The van der Waals surface area contributed by atoms with Gasteiger partial charge in [0.2, 0.25) is 5.91 Å². The normalized spacial score (nSPS) is 43.1. The summed E-state index contributed by atoms with van der Waals surface area (Å²) in [4.78, 5) is 13.9. The molecule has 2 aliphatic heterocycles. The first-order chi connectivity index (χ1) is 8.24. The summed E-state index contributed by atoms with van der Waals surface area (Å²) >= 11 is 0.